The number of fused-ring (bicyclic) bond motifs is 3. The summed E-state index contributed by atoms with van der Waals surface area (Å²) in [5, 5.41) is 12.3. The van der Waals surface area contributed by atoms with E-state index in [1.54, 1.807) is 0 Å². The molecule has 0 radical (unpaired) electrons. The summed E-state index contributed by atoms with van der Waals surface area (Å²) in [5.74, 6) is 1.70. The van der Waals surface area contributed by atoms with Crippen LogP contribution in [0, 0.1) is 0 Å². The molecule has 0 saturated heterocycles. The molecule has 2 heterocycles. The summed E-state index contributed by atoms with van der Waals surface area (Å²) < 4.78 is 2.23. The van der Waals surface area contributed by atoms with E-state index in [1.807, 2.05) is 0 Å². The lowest BCUT2D eigenvalue weighted by Gasteiger charge is -2.38. The quantitative estimate of drug-likeness (QED) is 0.0805. The maximum absolute atomic E-state index is 5.81. The van der Waals surface area contributed by atoms with Crippen molar-refractivity contribution in [1.82, 2.24) is 19.5 Å². The molecule has 87 heavy (non-hydrogen) atoms. The van der Waals surface area contributed by atoms with Crippen molar-refractivity contribution in [3.05, 3.63) is 352 Å². The molecule has 13 aromatic carbocycles. The number of benzene rings is 13. The molecule has 15 rings (SSSR count). The maximum atomic E-state index is 5.81. The van der Waals surface area contributed by atoms with Crippen LogP contribution in [-0.4, -0.2) is 35.7 Å². The van der Waals surface area contributed by atoms with Gasteiger partial charge in [0.1, 0.15) is 0 Å². The van der Waals surface area contributed by atoms with Crippen LogP contribution < -0.4 is 41.5 Å². The zero-order valence-corrected chi connectivity index (χ0v) is 49.8. The molecule has 4 nitrogen and oxygen atoms in total. The molecule has 0 unspecified atom stereocenters. The monoisotopic (exact) mass is 1140 g/mol. The fourth-order valence-corrected chi connectivity index (χ4v) is 23.2. The number of hydrogen-bond acceptors (Lipinski definition) is 3. The largest absolute Gasteiger partial charge is 0.278 e. The van der Waals surface area contributed by atoms with Gasteiger partial charge in [-0.1, -0.05) is 334 Å². The first-order valence-electron chi connectivity index (χ1n) is 29.7. The summed E-state index contributed by atoms with van der Waals surface area (Å²) in [4.78, 5) is 17.1. The molecule has 0 spiro atoms. The van der Waals surface area contributed by atoms with Gasteiger partial charge in [-0.3, -0.25) is 4.57 Å². The third-order valence-electron chi connectivity index (χ3n) is 17.3. The van der Waals surface area contributed by atoms with Gasteiger partial charge in [0.05, 0.1) is 11.0 Å². The van der Waals surface area contributed by atoms with Gasteiger partial charge >= 0.3 is 0 Å². The van der Waals surface area contributed by atoms with E-state index in [0.29, 0.717) is 17.6 Å². The molecule has 0 saturated carbocycles. The summed E-state index contributed by atoms with van der Waals surface area (Å²) >= 11 is 0. The van der Waals surface area contributed by atoms with Crippen molar-refractivity contribution in [2.24, 2.45) is 0 Å². The number of para-hydroxylation sites is 2. The predicted octanol–water partition coefficient (Wildman–Crippen LogP) is 14.1. The first-order chi connectivity index (χ1) is 43.1. The zero-order chi connectivity index (χ0) is 58.0. The highest BCUT2D eigenvalue weighted by Gasteiger charge is 2.46. The minimum absolute atomic E-state index is 0.542. The highest BCUT2D eigenvalue weighted by Crippen LogP contribution is 2.34. The molecule has 0 aliphatic rings. The van der Waals surface area contributed by atoms with Crippen LogP contribution in [0.5, 0.6) is 0 Å². The van der Waals surface area contributed by atoms with Crippen molar-refractivity contribution >= 4 is 79.4 Å². The Bertz CT molecular complexity index is 4590. The second kappa shape index (κ2) is 22.9. The summed E-state index contributed by atoms with van der Waals surface area (Å²) in [6, 6.07) is 130. The molecule has 0 aliphatic carbocycles. The molecule has 0 N–H and O–H groups in total. The van der Waals surface area contributed by atoms with E-state index in [2.05, 4.69) is 356 Å². The SMILES string of the molecule is c1ccc(-c2cccc(-c3nc(-c4cc([Si](c5ccccc5)(c5ccccc5)c5cccc(-c6ccccc6)c5)cc([Si](c5ccccc5)(c5ccccc5)c5cccc(-c6ccccc6)c5)c4)nc(-n4c5ccccc5c5ccccc54)n3)c2)cc1. The van der Waals surface area contributed by atoms with Crippen molar-refractivity contribution in [3.8, 4) is 62.1 Å². The Morgan fingerprint density at radius 1 is 0.195 bits per heavy atom. The van der Waals surface area contributed by atoms with Crippen molar-refractivity contribution < 1.29 is 0 Å². The molecule has 0 bridgehead atoms. The lowest BCUT2D eigenvalue weighted by molar-refractivity contribution is 0.953. The van der Waals surface area contributed by atoms with Crippen LogP contribution in [0.25, 0.3) is 83.9 Å². The van der Waals surface area contributed by atoms with Crippen molar-refractivity contribution in [2.75, 3.05) is 0 Å². The van der Waals surface area contributed by atoms with Crippen LogP contribution in [0.3, 0.4) is 0 Å². The highest BCUT2D eigenvalue weighted by atomic mass is 28.3. The van der Waals surface area contributed by atoms with Gasteiger partial charge in [-0.15, -0.1) is 0 Å². The second-order valence-electron chi connectivity index (χ2n) is 22.3. The smallest absolute Gasteiger partial charge is 0.238 e. The van der Waals surface area contributed by atoms with Gasteiger partial charge in [0.25, 0.3) is 0 Å². The predicted molar refractivity (Wildman–Crippen MR) is 369 cm³/mol. The summed E-state index contributed by atoms with van der Waals surface area (Å²) in [5.41, 5.74) is 10.7. The van der Waals surface area contributed by atoms with E-state index in [-0.39, 0.29) is 0 Å². The van der Waals surface area contributed by atoms with E-state index in [0.717, 1.165) is 44.1 Å². The van der Waals surface area contributed by atoms with Crippen LogP contribution >= 0.6 is 0 Å². The molecule has 0 aliphatic heterocycles. The third kappa shape index (κ3) is 9.54. The summed E-state index contributed by atoms with van der Waals surface area (Å²) in [6.07, 6.45) is 0. The number of nitrogens with zero attached hydrogens (tertiary/aromatic N) is 4. The van der Waals surface area contributed by atoms with E-state index < -0.39 is 16.1 Å². The highest BCUT2D eigenvalue weighted by molar-refractivity contribution is 7.22. The van der Waals surface area contributed by atoms with E-state index in [4.69, 9.17) is 15.0 Å². The van der Waals surface area contributed by atoms with Crippen LogP contribution in [0.15, 0.2) is 352 Å². The molecule has 2 aromatic heterocycles. The lowest BCUT2D eigenvalue weighted by Crippen LogP contribution is -2.78. The van der Waals surface area contributed by atoms with Crippen molar-refractivity contribution in [3.63, 3.8) is 0 Å². The van der Waals surface area contributed by atoms with E-state index in [9.17, 15) is 0 Å². The Labute approximate surface area is 509 Å². The Morgan fingerprint density at radius 3 is 0.885 bits per heavy atom. The van der Waals surface area contributed by atoms with Gasteiger partial charge in [0.2, 0.25) is 5.95 Å². The number of aromatic nitrogens is 4. The Hall–Kier alpha value is -10.9. The van der Waals surface area contributed by atoms with Gasteiger partial charge in [-0.25, -0.2) is 4.98 Å². The molecular formula is C81H58N4Si2. The first-order valence-corrected chi connectivity index (χ1v) is 33.7. The molecule has 0 amide bonds. The van der Waals surface area contributed by atoms with Gasteiger partial charge in [0, 0.05) is 21.9 Å². The molecule has 0 atom stereocenters. The fourth-order valence-electron chi connectivity index (χ4n) is 13.4. The second-order valence-corrected chi connectivity index (χ2v) is 29.9. The molecular weight excluding hydrogens is 1090 g/mol. The minimum atomic E-state index is -3.42. The van der Waals surface area contributed by atoms with Crippen molar-refractivity contribution in [2.45, 2.75) is 0 Å². The molecule has 15 aromatic rings. The van der Waals surface area contributed by atoms with Crippen molar-refractivity contribution in [1.29, 1.82) is 0 Å². The van der Waals surface area contributed by atoms with Crippen LogP contribution in [0.4, 0.5) is 0 Å². The van der Waals surface area contributed by atoms with Gasteiger partial charge in [-0.2, -0.15) is 9.97 Å². The zero-order valence-electron chi connectivity index (χ0n) is 47.8. The normalized spacial score (nSPS) is 11.7. The summed E-state index contributed by atoms with van der Waals surface area (Å²) in [7, 11) is -6.84. The van der Waals surface area contributed by atoms with Gasteiger partial charge in [-0.05, 0) is 93.1 Å². The fraction of sp³-hybridized carbons (Fsp3) is 0. The minimum Gasteiger partial charge on any atom is -0.278 e. The average molecular weight is 1140 g/mol. The van der Waals surface area contributed by atoms with Crippen LogP contribution in [0.2, 0.25) is 0 Å². The van der Waals surface area contributed by atoms with Crippen LogP contribution in [0.1, 0.15) is 0 Å². The average Bonchev–Trinajstić information content (AvgIpc) is 1.74. The number of hydrogen-bond donors (Lipinski definition) is 0. The molecule has 0 fully saturated rings. The number of rotatable bonds is 14. The first kappa shape index (κ1) is 52.9. The molecule has 6 heteroatoms. The summed E-state index contributed by atoms with van der Waals surface area (Å²) in [6.45, 7) is 0. The van der Waals surface area contributed by atoms with E-state index in [1.165, 1.54) is 63.7 Å². The topological polar surface area (TPSA) is 43.6 Å². The van der Waals surface area contributed by atoms with Gasteiger partial charge in [0.15, 0.2) is 27.8 Å². The van der Waals surface area contributed by atoms with Gasteiger partial charge < -0.3 is 0 Å². The maximum Gasteiger partial charge on any atom is 0.238 e. The standard InChI is InChI=1S/C81H58N4Si2/c1-8-29-59(30-9-1)62-35-26-38-65(53-62)79-82-80(84-81(83-79)85-77-51-24-22-49-75(77)76-50-23-25-52-78(76)85)66-56-73(86(67-39-14-4-15-40-67,68-41-16-5-17-42-68)71-47-27-36-63(54-71)60-31-10-2-11-32-60)58-74(57-66)87(69-43-18-6-19-44-69,70-45-20-7-21-46-70)72-48-28-37-64(55-72)61-33-12-3-13-34-61/h1-58H. The third-order valence-corrected chi connectivity index (χ3v) is 26.8. The Balaban J connectivity index is 1.11. The Morgan fingerprint density at radius 2 is 0.483 bits per heavy atom. The molecule has 410 valence electrons. The lowest BCUT2D eigenvalue weighted by atomic mass is 10.0. The van der Waals surface area contributed by atoms with E-state index >= 15 is 0 Å². The van der Waals surface area contributed by atoms with Crippen LogP contribution in [-0.2, 0) is 0 Å². The Kier molecular flexibility index (Phi) is 13.9.